The topological polar surface area (TPSA) is 147 Å². The summed E-state index contributed by atoms with van der Waals surface area (Å²) >= 11 is 1.08. The van der Waals surface area contributed by atoms with Gasteiger partial charge in [0, 0.05) is 18.1 Å². The Morgan fingerprint density at radius 3 is 2.69 bits per heavy atom. The number of fused-ring (bicyclic) bond motifs is 2. The normalized spacial score (nSPS) is 17.9. The molecule has 6 rings (SSSR count). The molecule has 1 aromatic heterocycles. The van der Waals surface area contributed by atoms with Crippen molar-refractivity contribution in [2.75, 3.05) is 20.5 Å². The lowest BCUT2D eigenvalue weighted by atomic mass is 9.87. The summed E-state index contributed by atoms with van der Waals surface area (Å²) in [5, 5.41) is 21.3. The summed E-state index contributed by atoms with van der Waals surface area (Å²) in [6.07, 6.45) is 0.0872. The van der Waals surface area contributed by atoms with Crippen LogP contribution in [0.3, 0.4) is 0 Å². The van der Waals surface area contributed by atoms with Crippen LogP contribution in [0.1, 0.15) is 16.7 Å². The van der Waals surface area contributed by atoms with Crippen molar-refractivity contribution in [2.24, 2.45) is 0 Å². The average molecular weight is 549 g/mol. The Hall–Kier alpha value is -4.68. The maximum absolute atomic E-state index is 13.4. The monoisotopic (exact) mass is 548 g/mol. The number of carbonyl (C=O) groups is 2. The van der Waals surface area contributed by atoms with E-state index in [2.05, 4.69) is 8.75 Å². The Kier molecular flexibility index (Phi) is 6.04. The van der Waals surface area contributed by atoms with Crippen molar-refractivity contribution in [3.63, 3.8) is 0 Å². The van der Waals surface area contributed by atoms with Crippen molar-refractivity contribution in [3.05, 3.63) is 76.9 Å². The van der Waals surface area contributed by atoms with Crippen LogP contribution in [0.4, 0.5) is 0 Å². The van der Waals surface area contributed by atoms with Gasteiger partial charge < -0.3 is 33.9 Å². The van der Waals surface area contributed by atoms with Gasteiger partial charge in [0.2, 0.25) is 6.79 Å². The Morgan fingerprint density at radius 2 is 1.87 bits per heavy atom. The fourth-order valence-corrected chi connectivity index (χ4v) is 5.14. The molecular formula is C27H20N2O9S. The Bertz CT molecular complexity index is 1660. The van der Waals surface area contributed by atoms with E-state index >= 15 is 0 Å². The maximum Gasteiger partial charge on any atom is 0.342 e. The highest BCUT2D eigenvalue weighted by Gasteiger charge is 2.50. The second-order valence-electron chi connectivity index (χ2n) is 8.76. The lowest BCUT2D eigenvalue weighted by Gasteiger charge is -2.27. The highest BCUT2D eigenvalue weighted by Crippen LogP contribution is 2.49. The zero-order chi connectivity index (χ0) is 27.1. The van der Waals surface area contributed by atoms with E-state index in [-0.39, 0.29) is 35.7 Å². The van der Waals surface area contributed by atoms with Crippen molar-refractivity contribution in [1.29, 1.82) is 0 Å². The van der Waals surface area contributed by atoms with E-state index in [4.69, 9.17) is 23.7 Å². The summed E-state index contributed by atoms with van der Waals surface area (Å²) in [6, 6.07) is 14.9. The van der Waals surface area contributed by atoms with Crippen LogP contribution < -0.4 is 18.9 Å². The van der Waals surface area contributed by atoms with E-state index in [9.17, 15) is 19.8 Å². The largest absolute Gasteiger partial charge is 0.497 e. The number of hydrogen-bond donors (Lipinski definition) is 2. The number of aromatic nitrogens is 2. The first-order chi connectivity index (χ1) is 18.9. The molecule has 2 aliphatic heterocycles. The summed E-state index contributed by atoms with van der Waals surface area (Å²) in [7, 11) is 1.44. The van der Waals surface area contributed by atoms with E-state index in [1.165, 1.54) is 19.2 Å². The van der Waals surface area contributed by atoms with Crippen molar-refractivity contribution < 1.29 is 43.5 Å². The summed E-state index contributed by atoms with van der Waals surface area (Å²) in [5.74, 6) is -2.97. The van der Waals surface area contributed by atoms with Gasteiger partial charge >= 0.3 is 11.9 Å². The van der Waals surface area contributed by atoms with Crippen LogP contribution in [-0.4, -0.2) is 51.4 Å². The van der Waals surface area contributed by atoms with Crippen molar-refractivity contribution in [1.82, 2.24) is 8.75 Å². The minimum atomic E-state index is -2.29. The average Bonchev–Trinajstić information content (AvgIpc) is 3.65. The van der Waals surface area contributed by atoms with Gasteiger partial charge in [0.1, 0.15) is 22.5 Å². The van der Waals surface area contributed by atoms with Gasteiger partial charge in [-0.05, 0) is 47.5 Å². The number of ether oxygens (including phenoxy) is 5. The molecule has 0 amide bonds. The smallest absolute Gasteiger partial charge is 0.342 e. The van der Waals surface area contributed by atoms with E-state index in [0.29, 0.717) is 28.3 Å². The lowest BCUT2D eigenvalue weighted by Crippen LogP contribution is -2.31. The molecule has 12 heteroatoms. The molecule has 198 valence electrons. The van der Waals surface area contributed by atoms with Crippen molar-refractivity contribution in [2.45, 2.75) is 12.2 Å². The standard InChI is InChI=1S/C27H20N2O9S/c1-34-16-4-5-17(22(11-16)35-12-24(30)31)27(33)18(8-14-2-6-19-20(9-14)29-39-28-19)25(26(32)38-27)15-3-7-21-23(10-15)37-13-36-21/h2-7,9-11,33H,8,12-13H2,1H3,(H,30,31). The van der Waals surface area contributed by atoms with Gasteiger partial charge in [-0.3, -0.25) is 0 Å². The molecule has 0 spiro atoms. The number of carbonyl (C=O) groups excluding carboxylic acids is 1. The fraction of sp³-hybridized carbons (Fsp3) is 0.185. The zero-order valence-corrected chi connectivity index (χ0v) is 21.2. The van der Waals surface area contributed by atoms with E-state index in [0.717, 1.165) is 22.8 Å². The SMILES string of the molecule is COc1ccc(C2(O)OC(=O)C(c3ccc4c(c3)OCO4)=C2Cc2ccc3nsnc3c2)c(OCC(=O)O)c1. The number of nitrogens with zero attached hydrogens (tertiary/aromatic N) is 2. The molecule has 0 radical (unpaired) electrons. The minimum absolute atomic E-state index is 0.0179. The fourth-order valence-electron chi connectivity index (χ4n) is 4.62. The van der Waals surface area contributed by atoms with Gasteiger partial charge in [-0.1, -0.05) is 12.1 Å². The first-order valence-corrected chi connectivity index (χ1v) is 12.4. The van der Waals surface area contributed by atoms with Gasteiger partial charge in [-0.25, -0.2) is 9.59 Å². The Balaban J connectivity index is 1.53. The highest BCUT2D eigenvalue weighted by atomic mass is 32.1. The van der Waals surface area contributed by atoms with Gasteiger partial charge in [0.25, 0.3) is 5.79 Å². The van der Waals surface area contributed by atoms with Gasteiger partial charge in [-0.15, -0.1) is 0 Å². The predicted octanol–water partition coefficient (Wildman–Crippen LogP) is 3.29. The first kappa shape index (κ1) is 24.6. The molecule has 11 nitrogen and oxygen atoms in total. The molecule has 3 aromatic carbocycles. The van der Waals surface area contributed by atoms with Crippen LogP contribution in [0.15, 0.2) is 60.2 Å². The summed E-state index contributed by atoms with van der Waals surface area (Å²) in [4.78, 5) is 24.7. The summed E-state index contributed by atoms with van der Waals surface area (Å²) in [6.45, 7) is -0.636. The first-order valence-electron chi connectivity index (χ1n) is 11.7. The van der Waals surface area contributed by atoms with Crippen LogP contribution in [0.25, 0.3) is 16.6 Å². The summed E-state index contributed by atoms with van der Waals surface area (Å²) < 4.78 is 35.8. The molecule has 2 aliphatic rings. The molecule has 0 fully saturated rings. The van der Waals surface area contributed by atoms with Gasteiger partial charge in [0.05, 0.1) is 30.0 Å². The second kappa shape index (κ2) is 9.57. The predicted molar refractivity (Wildman–Crippen MR) is 137 cm³/mol. The number of methoxy groups -OCH3 is 1. The van der Waals surface area contributed by atoms with Gasteiger partial charge in [0.15, 0.2) is 18.1 Å². The number of cyclic esters (lactones) is 1. The van der Waals surface area contributed by atoms with Crippen LogP contribution in [0, 0.1) is 0 Å². The number of aliphatic carboxylic acids is 1. The quantitative estimate of drug-likeness (QED) is 0.313. The van der Waals surface area contributed by atoms with Crippen LogP contribution in [0.5, 0.6) is 23.0 Å². The number of carboxylic acid groups (broad SMARTS) is 1. The summed E-state index contributed by atoms with van der Waals surface area (Å²) in [5.41, 5.74) is 2.98. The maximum atomic E-state index is 13.4. The number of rotatable bonds is 8. The molecule has 3 heterocycles. The Labute approximate surface area is 225 Å². The van der Waals surface area contributed by atoms with E-state index in [1.54, 1.807) is 30.3 Å². The molecule has 1 unspecified atom stereocenters. The van der Waals surface area contributed by atoms with Crippen molar-refractivity contribution in [3.8, 4) is 23.0 Å². The molecular weight excluding hydrogens is 528 g/mol. The number of aliphatic hydroxyl groups is 1. The third kappa shape index (κ3) is 4.39. The second-order valence-corrected chi connectivity index (χ2v) is 9.29. The third-order valence-corrected chi connectivity index (χ3v) is 6.98. The molecule has 2 N–H and O–H groups in total. The van der Waals surface area contributed by atoms with Crippen molar-refractivity contribution >= 4 is 40.3 Å². The molecule has 1 atom stereocenters. The third-order valence-electron chi connectivity index (χ3n) is 6.42. The molecule has 0 aliphatic carbocycles. The molecule has 0 bridgehead atoms. The van der Waals surface area contributed by atoms with Crippen LogP contribution in [0.2, 0.25) is 0 Å². The van der Waals surface area contributed by atoms with Crippen LogP contribution >= 0.6 is 11.7 Å². The highest BCUT2D eigenvalue weighted by molar-refractivity contribution is 7.00. The molecule has 0 saturated carbocycles. The number of esters is 1. The lowest BCUT2D eigenvalue weighted by molar-refractivity contribution is -0.185. The number of hydrogen-bond acceptors (Lipinski definition) is 11. The van der Waals surface area contributed by atoms with Gasteiger partial charge in [-0.2, -0.15) is 8.75 Å². The number of benzene rings is 3. The van der Waals surface area contributed by atoms with E-state index in [1.807, 2.05) is 12.1 Å². The minimum Gasteiger partial charge on any atom is -0.497 e. The van der Waals surface area contributed by atoms with E-state index < -0.39 is 24.3 Å². The zero-order valence-electron chi connectivity index (χ0n) is 20.4. The van der Waals surface area contributed by atoms with Crippen LogP contribution in [-0.2, 0) is 26.5 Å². The molecule has 39 heavy (non-hydrogen) atoms. The Morgan fingerprint density at radius 1 is 1.05 bits per heavy atom. The number of carboxylic acids is 1. The molecule has 0 saturated heterocycles. The molecule has 4 aromatic rings.